The fourth-order valence-corrected chi connectivity index (χ4v) is 4.02. The van der Waals surface area contributed by atoms with Crippen molar-refractivity contribution in [2.24, 2.45) is 0 Å². The van der Waals surface area contributed by atoms with Crippen molar-refractivity contribution in [3.8, 4) is 0 Å². The van der Waals surface area contributed by atoms with Gasteiger partial charge in [-0.05, 0) is 36.0 Å². The molecule has 154 valence electrons. The molecular formula is C22H16FN5O2S. The summed E-state index contributed by atoms with van der Waals surface area (Å²) in [6.45, 7) is 0.652. The third-order valence-electron chi connectivity index (χ3n) is 5.39. The fraction of sp³-hybridized carbons (Fsp3) is 0.136. The maximum absolute atomic E-state index is 14.6. The summed E-state index contributed by atoms with van der Waals surface area (Å²) in [7, 11) is 0. The predicted molar refractivity (Wildman–Crippen MR) is 115 cm³/mol. The molecule has 0 saturated heterocycles. The summed E-state index contributed by atoms with van der Waals surface area (Å²) in [5.41, 5.74) is 2.76. The Kier molecular flexibility index (Phi) is 4.67. The molecule has 2 aromatic heterocycles. The Labute approximate surface area is 180 Å². The van der Waals surface area contributed by atoms with Crippen LogP contribution < -0.4 is 5.56 Å². The summed E-state index contributed by atoms with van der Waals surface area (Å²) in [5, 5.41) is 7.92. The van der Waals surface area contributed by atoms with Gasteiger partial charge in [0.1, 0.15) is 5.82 Å². The first-order valence-corrected chi connectivity index (χ1v) is 10.0. The van der Waals surface area contributed by atoms with Gasteiger partial charge < -0.3 is 9.88 Å². The van der Waals surface area contributed by atoms with Crippen LogP contribution in [0.4, 0.5) is 4.39 Å². The van der Waals surface area contributed by atoms with E-state index < -0.39 is 11.7 Å². The van der Waals surface area contributed by atoms with Crippen molar-refractivity contribution in [1.29, 1.82) is 0 Å². The van der Waals surface area contributed by atoms with Crippen molar-refractivity contribution in [2.45, 2.75) is 19.5 Å². The highest BCUT2D eigenvalue weighted by molar-refractivity contribution is 7.71. The number of aromatic amines is 2. The minimum absolute atomic E-state index is 0.00871. The third kappa shape index (κ3) is 3.53. The molecule has 0 saturated carbocycles. The first-order valence-electron chi connectivity index (χ1n) is 9.60. The molecule has 4 aromatic rings. The van der Waals surface area contributed by atoms with Gasteiger partial charge in [0.15, 0.2) is 4.77 Å². The Bertz CT molecular complexity index is 1460. The molecule has 2 aromatic carbocycles. The minimum Gasteiger partial charge on any atom is -0.332 e. The summed E-state index contributed by atoms with van der Waals surface area (Å²) in [6, 6.07) is 11.6. The molecule has 0 atom stereocenters. The van der Waals surface area contributed by atoms with E-state index in [1.807, 2.05) is 12.1 Å². The molecule has 2 N–H and O–H groups in total. The van der Waals surface area contributed by atoms with Crippen molar-refractivity contribution in [1.82, 2.24) is 25.1 Å². The van der Waals surface area contributed by atoms with Crippen molar-refractivity contribution >= 4 is 28.9 Å². The summed E-state index contributed by atoms with van der Waals surface area (Å²) in [6.07, 6.45) is 1.98. The first kappa shape index (κ1) is 19.3. The largest absolute Gasteiger partial charge is 0.332 e. The van der Waals surface area contributed by atoms with Crippen LogP contribution in [0.15, 0.2) is 53.5 Å². The quantitative estimate of drug-likeness (QED) is 0.484. The number of carbonyl (C=O) groups is 1. The van der Waals surface area contributed by atoms with Crippen LogP contribution in [0.3, 0.4) is 0 Å². The lowest BCUT2D eigenvalue weighted by Crippen LogP contribution is -2.26. The van der Waals surface area contributed by atoms with Crippen LogP contribution in [0.5, 0.6) is 0 Å². The van der Waals surface area contributed by atoms with E-state index in [1.165, 1.54) is 6.07 Å². The van der Waals surface area contributed by atoms with Gasteiger partial charge in [-0.3, -0.25) is 9.59 Å². The van der Waals surface area contributed by atoms with Crippen molar-refractivity contribution in [2.75, 3.05) is 0 Å². The molecule has 0 aliphatic carbocycles. The third-order valence-corrected chi connectivity index (χ3v) is 5.60. The Balaban J connectivity index is 1.45. The summed E-state index contributed by atoms with van der Waals surface area (Å²) >= 11 is 5.03. The first-order chi connectivity index (χ1) is 15.0. The van der Waals surface area contributed by atoms with Crippen LogP contribution in [-0.4, -0.2) is 31.0 Å². The maximum Gasteiger partial charge on any atom is 0.272 e. The normalized spacial score (nSPS) is 12.9. The molecule has 0 spiro atoms. The number of nitrogens with zero attached hydrogens (tertiary/aromatic N) is 3. The Morgan fingerprint density at radius 3 is 2.81 bits per heavy atom. The lowest BCUT2D eigenvalue weighted by Gasteiger charge is -2.16. The fourth-order valence-electron chi connectivity index (χ4n) is 3.85. The molecule has 1 aliphatic rings. The van der Waals surface area contributed by atoms with Gasteiger partial charge in [0.25, 0.3) is 11.5 Å². The maximum atomic E-state index is 14.6. The van der Waals surface area contributed by atoms with Gasteiger partial charge in [-0.15, -0.1) is 0 Å². The van der Waals surface area contributed by atoms with E-state index in [0.29, 0.717) is 40.9 Å². The molecule has 9 heteroatoms. The molecule has 1 amide bonds. The number of hydrogen-bond donors (Lipinski definition) is 2. The second-order valence-corrected chi connectivity index (χ2v) is 7.78. The van der Waals surface area contributed by atoms with E-state index >= 15 is 0 Å². The minimum atomic E-state index is -0.588. The second kappa shape index (κ2) is 7.51. The molecular weight excluding hydrogens is 417 g/mol. The molecule has 0 bridgehead atoms. The molecule has 7 nitrogen and oxygen atoms in total. The van der Waals surface area contributed by atoms with E-state index in [9.17, 15) is 14.0 Å². The lowest BCUT2D eigenvalue weighted by molar-refractivity contribution is 0.0745. The highest BCUT2D eigenvalue weighted by Crippen LogP contribution is 2.24. The standard InChI is InChI=1S/C22H16FN5O2S/c23-17-6-5-12(8-18-14-3-1-2-4-15(14)20(29)27-26-18)7-16(17)21(30)28-10-13-9-24-22(31)25-19(13)11-28/h1-7,9H,8,10-11H2,(H,27,29)(H,24,25,31). The van der Waals surface area contributed by atoms with Crippen molar-refractivity contribution in [3.05, 3.63) is 97.7 Å². The van der Waals surface area contributed by atoms with Crippen LogP contribution in [0.25, 0.3) is 10.8 Å². The molecule has 3 heterocycles. The number of carbonyl (C=O) groups excluding carboxylic acids is 1. The topological polar surface area (TPSA) is 94.7 Å². The number of rotatable bonds is 3. The molecule has 31 heavy (non-hydrogen) atoms. The van der Waals surface area contributed by atoms with Gasteiger partial charge in [0, 0.05) is 35.8 Å². The van der Waals surface area contributed by atoms with E-state index in [0.717, 1.165) is 16.6 Å². The van der Waals surface area contributed by atoms with Crippen LogP contribution in [0.1, 0.15) is 32.9 Å². The molecule has 1 aliphatic heterocycles. The molecule has 0 unspecified atom stereocenters. The van der Waals surface area contributed by atoms with Gasteiger partial charge in [-0.2, -0.15) is 5.10 Å². The van der Waals surface area contributed by atoms with E-state index in [-0.39, 0.29) is 11.1 Å². The number of amides is 1. The van der Waals surface area contributed by atoms with E-state index in [1.54, 1.807) is 35.4 Å². The average molecular weight is 433 g/mol. The second-order valence-electron chi connectivity index (χ2n) is 7.39. The number of nitrogens with one attached hydrogen (secondary N) is 2. The monoisotopic (exact) mass is 433 g/mol. The molecule has 0 fully saturated rings. The van der Waals surface area contributed by atoms with Crippen LogP contribution in [-0.2, 0) is 19.5 Å². The van der Waals surface area contributed by atoms with E-state index in [4.69, 9.17) is 12.2 Å². The number of halogens is 1. The summed E-state index contributed by atoms with van der Waals surface area (Å²) < 4.78 is 14.9. The molecule has 5 rings (SSSR count). The smallest absolute Gasteiger partial charge is 0.272 e. The SMILES string of the molecule is O=C(c1cc(Cc2n[nH]c(=O)c3ccccc23)ccc1F)N1Cc2cnc(=S)[nH]c2C1. The number of H-pyrrole nitrogens is 2. The zero-order valence-electron chi connectivity index (χ0n) is 16.2. The Morgan fingerprint density at radius 2 is 1.97 bits per heavy atom. The number of fused-ring (bicyclic) bond motifs is 2. The number of benzene rings is 2. The lowest BCUT2D eigenvalue weighted by atomic mass is 10.0. The summed E-state index contributed by atoms with van der Waals surface area (Å²) in [5.74, 6) is -0.996. The zero-order chi connectivity index (χ0) is 21.5. The van der Waals surface area contributed by atoms with Crippen LogP contribution >= 0.6 is 12.2 Å². The number of hydrogen-bond acceptors (Lipinski definition) is 5. The van der Waals surface area contributed by atoms with Crippen LogP contribution in [0.2, 0.25) is 0 Å². The average Bonchev–Trinajstić information content (AvgIpc) is 3.20. The molecule has 0 radical (unpaired) electrons. The van der Waals surface area contributed by atoms with Gasteiger partial charge in [-0.1, -0.05) is 24.3 Å². The highest BCUT2D eigenvalue weighted by Gasteiger charge is 2.27. The van der Waals surface area contributed by atoms with Gasteiger partial charge in [0.05, 0.1) is 23.2 Å². The van der Waals surface area contributed by atoms with Gasteiger partial charge >= 0.3 is 0 Å². The zero-order valence-corrected chi connectivity index (χ0v) is 17.0. The summed E-state index contributed by atoms with van der Waals surface area (Å²) in [4.78, 5) is 33.6. The Morgan fingerprint density at radius 1 is 1.16 bits per heavy atom. The van der Waals surface area contributed by atoms with Crippen LogP contribution in [0, 0.1) is 10.6 Å². The van der Waals surface area contributed by atoms with Crippen molar-refractivity contribution in [3.63, 3.8) is 0 Å². The predicted octanol–water partition coefficient (Wildman–Crippen LogP) is 3.26. The van der Waals surface area contributed by atoms with Gasteiger partial charge in [-0.25, -0.2) is 14.5 Å². The highest BCUT2D eigenvalue weighted by atomic mass is 32.1. The van der Waals surface area contributed by atoms with Crippen molar-refractivity contribution < 1.29 is 9.18 Å². The van der Waals surface area contributed by atoms with Gasteiger partial charge in [0.2, 0.25) is 0 Å². The Hall–Kier alpha value is -3.72. The number of aromatic nitrogens is 4. The van der Waals surface area contributed by atoms with E-state index in [2.05, 4.69) is 20.2 Å².